The number of likely N-dealkylation sites (tertiary alicyclic amines) is 1. The molecule has 8 nitrogen and oxygen atoms in total. The maximum absolute atomic E-state index is 12.5. The first-order valence-electron chi connectivity index (χ1n) is 7.90. The highest BCUT2D eigenvalue weighted by atomic mass is 16.6. The summed E-state index contributed by atoms with van der Waals surface area (Å²) >= 11 is 0. The summed E-state index contributed by atoms with van der Waals surface area (Å²) < 4.78 is 0. The highest BCUT2D eigenvalue weighted by molar-refractivity contribution is 5.97. The third-order valence-electron chi connectivity index (χ3n) is 4.17. The first-order chi connectivity index (χ1) is 11.9. The molecule has 2 aromatic rings. The Morgan fingerprint density at radius 2 is 2.20 bits per heavy atom. The molecule has 1 atom stereocenters. The maximum atomic E-state index is 12.5. The van der Waals surface area contributed by atoms with E-state index in [1.165, 1.54) is 12.3 Å². The lowest BCUT2D eigenvalue weighted by atomic mass is 10.1. The Morgan fingerprint density at radius 3 is 2.84 bits per heavy atom. The van der Waals surface area contributed by atoms with Crippen LogP contribution >= 0.6 is 0 Å². The second-order valence-corrected chi connectivity index (χ2v) is 6.06. The summed E-state index contributed by atoms with van der Waals surface area (Å²) in [5.74, 6) is 0.306. The van der Waals surface area contributed by atoms with Crippen molar-refractivity contribution < 1.29 is 14.8 Å². The van der Waals surface area contributed by atoms with E-state index in [1.54, 1.807) is 29.2 Å². The van der Waals surface area contributed by atoms with Gasteiger partial charge >= 0.3 is 0 Å². The number of nitrogens with zero attached hydrogens (tertiary/aromatic N) is 3. The Morgan fingerprint density at radius 1 is 1.40 bits per heavy atom. The summed E-state index contributed by atoms with van der Waals surface area (Å²) in [7, 11) is 0. The predicted octanol–water partition coefficient (Wildman–Crippen LogP) is 2.33. The summed E-state index contributed by atoms with van der Waals surface area (Å²) in [6.07, 6.45) is 1.93. The Bertz CT molecular complexity index is 807. The van der Waals surface area contributed by atoms with Crippen molar-refractivity contribution in [1.82, 2.24) is 9.88 Å². The maximum Gasteiger partial charge on any atom is 0.287 e. The predicted molar refractivity (Wildman–Crippen MR) is 91.7 cm³/mol. The molecule has 1 amide bonds. The monoisotopic (exact) mass is 342 g/mol. The van der Waals surface area contributed by atoms with Gasteiger partial charge in [0.05, 0.1) is 10.5 Å². The van der Waals surface area contributed by atoms with Crippen LogP contribution in [-0.2, 0) is 0 Å². The van der Waals surface area contributed by atoms with Gasteiger partial charge in [-0.1, -0.05) is 6.07 Å². The van der Waals surface area contributed by atoms with Crippen molar-refractivity contribution in [1.29, 1.82) is 0 Å². The number of nitrogens with one attached hydrogen (secondary N) is 1. The molecular weight excluding hydrogens is 324 g/mol. The highest BCUT2D eigenvalue weighted by Gasteiger charge is 2.28. The van der Waals surface area contributed by atoms with Gasteiger partial charge in [-0.05, 0) is 37.1 Å². The lowest BCUT2D eigenvalue weighted by molar-refractivity contribution is -0.385. The van der Waals surface area contributed by atoms with Crippen LogP contribution in [0.3, 0.4) is 0 Å². The molecule has 0 radical (unpaired) electrons. The van der Waals surface area contributed by atoms with E-state index in [1.807, 2.05) is 6.92 Å². The van der Waals surface area contributed by atoms with E-state index in [9.17, 15) is 20.0 Å². The molecule has 1 saturated heterocycles. The Hall–Kier alpha value is -3.16. The number of nitro groups is 1. The van der Waals surface area contributed by atoms with Crippen molar-refractivity contribution in [3.63, 3.8) is 0 Å². The number of amides is 1. The Balaban J connectivity index is 1.63. The number of carbonyl (C=O) groups is 1. The van der Waals surface area contributed by atoms with Crippen LogP contribution in [0, 0.1) is 17.0 Å². The average molecular weight is 342 g/mol. The molecule has 0 spiro atoms. The zero-order chi connectivity index (χ0) is 18.0. The topological polar surface area (TPSA) is 109 Å². The van der Waals surface area contributed by atoms with Crippen molar-refractivity contribution in [3.05, 3.63) is 57.8 Å². The fourth-order valence-corrected chi connectivity index (χ4v) is 2.84. The van der Waals surface area contributed by atoms with E-state index in [2.05, 4.69) is 10.3 Å². The van der Waals surface area contributed by atoms with Crippen LogP contribution in [0.2, 0.25) is 0 Å². The summed E-state index contributed by atoms with van der Waals surface area (Å²) in [5, 5.41) is 23.8. The normalized spacial score (nSPS) is 16.7. The zero-order valence-electron chi connectivity index (χ0n) is 13.7. The number of phenolic OH excluding ortho intramolecular Hbond substituents is 1. The number of aryl methyl sites for hydroxylation is 1. The Kier molecular flexibility index (Phi) is 4.51. The molecule has 1 aromatic heterocycles. The Labute approximate surface area is 144 Å². The number of pyridine rings is 1. The lowest BCUT2D eigenvalue weighted by Crippen LogP contribution is -2.31. The molecule has 1 aliphatic heterocycles. The average Bonchev–Trinajstić information content (AvgIpc) is 3.03. The molecule has 1 aliphatic rings. The SMILES string of the molecule is Cc1ccc(C(=O)N2CC[C@H](Nc3ccc([N+](=O)[O-])cn3)C2)c(O)c1. The van der Waals surface area contributed by atoms with E-state index in [0.717, 1.165) is 12.0 Å². The molecule has 0 unspecified atom stereocenters. The van der Waals surface area contributed by atoms with E-state index in [-0.39, 0.29) is 23.4 Å². The molecule has 25 heavy (non-hydrogen) atoms. The second-order valence-electron chi connectivity index (χ2n) is 6.06. The first-order valence-corrected chi connectivity index (χ1v) is 7.90. The number of hydrogen-bond acceptors (Lipinski definition) is 6. The number of aromatic nitrogens is 1. The van der Waals surface area contributed by atoms with E-state index >= 15 is 0 Å². The van der Waals surface area contributed by atoms with Crippen LogP contribution in [0.25, 0.3) is 0 Å². The third-order valence-corrected chi connectivity index (χ3v) is 4.17. The summed E-state index contributed by atoms with van der Waals surface area (Å²) in [5.41, 5.74) is 1.11. The smallest absolute Gasteiger partial charge is 0.287 e. The van der Waals surface area contributed by atoms with Crippen molar-refractivity contribution in [2.75, 3.05) is 18.4 Å². The van der Waals surface area contributed by atoms with Crippen molar-refractivity contribution in [2.24, 2.45) is 0 Å². The van der Waals surface area contributed by atoms with Crippen molar-refractivity contribution >= 4 is 17.4 Å². The number of benzene rings is 1. The van der Waals surface area contributed by atoms with E-state index in [0.29, 0.717) is 24.5 Å². The summed E-state index contributed by atoms with van der Waals surface area (Å²) in [6, 6.07) is 7.93. The van der Waals surface area contributed by atoms with Crippen molar-refractivity contribution in [3.8, 4) is 5.75 Å². The highest BCUT2D eigenvalue weighted by Crippen LogP contribution is 2.23. The van der Waals surface area contributed by atoms with Gasteiger partial charge in [0.15, 0.2) is 0 Å². The second kappa shape index (κ2) is 6.76. The molecule has 0 bridgehead atoms. The van der Waals surface area contributed by atoms with E-state index in [4.69, 9.17) is 0 Å². The van der Waals surface area contributed by atoms with Gasteiger partial charge in [0.25, 0.3) is 11.6 Å². The van der Waals surface area contributed by atoms with Gasteiger partial charge in [-0.2, -0.15) is 0 Å². The minimum absolute atomic E-state index is 0.00509. The molecule has 130 valence electrons. The van der Waals surface area contributed by atoms with Gasteiger partial charge in [0.2, 0.25) is 0 Å². The molecule has 1 aromatic carbocycles. The molecule has 8 heteroatoms. The van der Waals surface area contributed by atoms with Crippen molar-refractivity contribution in [2.45, 2.75) is 19.4 Å². The van der Waals surface area contributed by atoms with Crippen LogP contribution in [-0.4, -0.2) is 45.0 Å². The fraction of sp³-hybridized carbons (Fsp3) is 0.294. The van der Waals surface area contributed by atoms with E-state index < -0.39 is 4.92 Å². The molecule has 0 saturated carbocycles. The van der Waals surface area contributed by atoms with Gasteiger partial charge in [-0.15, -0.1) is 0 Å². The molecule has 1 fully saturated rings. The molecule has 3 rings (SSSR count). The quantitative estimate of drug-likeness (QED) is 0.652. The minimum Gasteiger partial charge on any atom is -0.507 e. The van der Waals surface area contributed by atoms with Gasteiger partial charge in [0, 0.05) is 25.2 Å². The van der Waals surface area contributed by atoms with Crippen LogP contribution in [0.5, 0.6) is 5.75 Å². The van der Waals surface area contributed by atoms with Crippen LogP contribution in [0.4, 0.5) is 11.5 Å². The van der Waals surface area contributed by atoms with Gasteiger partial charge in [-0.3, -0.25) is 14.9 Å². The number of phenols is 1. The molecule has 0 aliphatic carbocycles. The number of hydrogen-bond donors (Lipinski definition) is 2. The van der Waals surface area contributed by atoms with Crippen LogP contribution in [0.1, 0.15) is 22.3 Å². The molecule has 2 N–H and O–H groups in total. The summed E-state index contributed by atoms with van der Waals surface area (Å²) in [4.78, 5) is 28.4. The first kappa shape index (κ1) is 16.7. The lowest BCUT2D eigenvalue weighted by Gasteiger charge is -2.18. The zero-order valence-corrected chi connectivity index (χ0v) is 13.7. The number of anilines is 1. The van der Waals surface area contributed by atoms with Crippen LogP contribution < -0.4 is 5.32 Å². The third kappa shape index (κ3) is 3.68. The fourth-order valence-electron chi connectivity index (χ4n) is 2.84. The number of aromatic hydroxyl groups is 1. The van der Waals surface area contributed by atoms with Gasteiger partial charge < -0.3 is 15.3 Å². The summed E-state index contributed by atoms with van der Waals surface area (Å²) in [6.45, 7) is 2.89. The standard InChI is InChI=1S/C17H18N4O4/c1-11-2-4-14(15(22)8-11)17(23)20-7-6-12(10-20)19-16-5-3-13(9-18-16)21(24)25/h2-5,8-9,12,22H,6-7,10H2,1H3,(H,18,19)/t12-/m0/s1. The number of rotatable bonds is 4. The minimum atomic E-state index is -0.499. The molecule has 2 heterocycles. The number of carbonyl (C=O) groups excluding carboxylic acids is 1. The van der Waals surface area contributed by atoms with Crippen LogP contribution in [0.15, 0.2) is 36.5 Å². The van der Waals surface area contributed by atoms with Gasteiger partial charge in [0.1, 0.15) is 17.8 Å². The largest absolute Gasteiger partial charge is 0.507 e. The van der Waals surface area contributed by atoms with Gasteiger partial charge in [-0.25, -0.2) is 4.98 Å². The molecular formula is C17H18N4O4.